The first-order chi connectivity index (χ1) is 9.63. The van der Waals surface area contributed by atoms with Crippen molar-refractivity contribution in [1.82, 2.24) is 25.0 Å². The second-order valence-corrected chi connectivity index (χ2v) is 4.45. The summed E-state index contributed by atoms with van der Waals surface area (Å²) in [5.74, 6) is 0.636. The normalized spacial score (nSPS) is 29.9. The van der Waals surface area contributed by atoms with E-state index in [-0.39, 0.29) is 5.82 Å². The van der Waals surface area contributed by atoms with E-state index >= 15 is 0 Å². The number of nitrogens with two attached hydrogens (primary N) is 1. The van der Waals surface area contributed by atoms with E-state index in [0.29, 0.717) is 11.4 Å². The summed E-state index contributed by atoms with van der Waals surface area (Å²) in [4.78, 5) is 3.96. The minimum absolute atomic E-state index is 0.205. The number of aliphatic hydroxyl groups excluding tert-OH is 3. The lowest BCUT2D eigenvalue weighted by Crippen LogP contribution is -2.33. The Bertz CT molecular complexity index is 585. The minimum Gasteiger partial charge on any atom is -0.394 e. The van der Waals surface area contributed by atoms with E-state index in [2.05, 4.69) is 20.3 Å². The summed E-state index contributed by atoms with van der Waals surface area (Å²) >= 11 is 0. The van der Waals surface area contributed by atoms with Crippen molar-refractivity contribution in [2.45, 2.75) is 24.5 Å². The van der Waals surface area contributed by atoms with Gasteiger partial charge in [-0.3, -0.25) is 5.10 Å². The van der Waals surface area contributed by atoms with Gasteiger partial charge >= 0.3 is 0 Å². The molecule has 0 spiro atoms. The molecule has 1 saturated heterocycles. The van der Waals surface area contributed by atoms with Crippen molar-refractivity contribution < 1.29 is 20.1 Å². The lowest BCUT2D eigenvalue weighted by atomic mass is 10.1. The molecule has 1 aliphatic rings. The van der Waals surface area contributed by atoms with Gasteiger partial charge in [-0.1, -0.05) is 0 Å². The summed E-state index contributed by atoms with van der Waals surface area (Å²) < 4.78 is 6.59. The largest absolute Gasteiger partial charge is 0.394 e. The Morgan fingerprint density at radius 1 is 1.40 bits per heavy atom. The number of rotatable bonds is 3. The highest BCUT2D eigenvalue weighted by molar-refractivity contribution is 5.67. The molecule has 3 rings (SSSR count). The zero-order valence-electron chi connectivity index (χ0n) is 10.3. The number of aromatic amines is 1. The third-order valence-electron chi connectivity index (χ3n) is 3.26. The van der Waals surface area contributed by atoms with Gasteiger partial charge in [-0.2, -0.15) is 10.2 Å². The first-order valence-corrected chi connectivity index (χ1v) is 5.94. The van der Waals surface area contributed by atoms with Crippen molar-refractivity contribution in [2.24, 2.45) is 0 Å². The fourth-order valence-electron chi connectivity index (χ4n) is 2.17. The Morgan fingerprint density at radius 2 is 2.20 bits per heavy atom. The number of aromatic nitrogens is 5. The molecule has 1 aliphatic heterocycles. The maximum Gasteiger partial charge on any atom is 0.181 e. The average molecular weight is 282 g/mol. The zero-order chi connectivity index (χ0) is 14.3. The topological polar surface area (TPSA) is 155 Å². The van der Waals surface area contributed by atoms with Gasteiger partial charge in [0.25, 0.3) is 0 Å². The molecule has 6 N–H and O–H groups in total. The van der Waals surface area contributed by atoms with Crippen molar-refractivity contribution in [2.75, 3.05) is 12.3 Å². The number of anilines is 1. The first kappa shape index (κ1) is 13.0. The predicted octanol–water partition coefficient (Wildman–Crippen LogP) is -2.14. The number of ether oxygens (including phenoxy) is 1. The summed E-state index contributed by atoms with van der Waals surface area (Å²) in [6.45, 7) is -0.412. The Labute approximate surface area is 112 Å². The molecule has 0 bridgehead atoms. The molecule has 0 aliphatic carbocycles. The quantitative estimate of drug-likeness (QED) is 0.427. The molecular formula is C10H14N6O4. The average Bonchev–Trinajstić information content (AvgIpc) is 3.13. The van der Waals surface area contributed by atoms with E-state index in [4.69, 9.17) is 15.6 Å². The van der Waals surface area contributed by atoms with Crippen LogP contribution in [-0.4, -0.2) is 65.2 Å². The maximum absolute atomic E-state index is 9.94. The third-order valence-corrected chi connectivity index (χ3v) is 3.26. The van der Waals surface area contributed by atoms with Crippen LogP contribution in [0.15, 0.2) is 12.5 Å². The first-order valence-electron chi connectivity index (χ1n) is 5.94. The second kappa shape index (κ2) is 4.83. The molecule has 1 fully saturated rings. The number of hydrogen-bond donors (Lipinski definition) is 5. The smallest absolute Gasteiger partial charge is 0.181 e. The van der Waals surface area contributed by atoms with E-state index in [1.54, 1.807) is 0 Å². The van der Waals surface area contributed by atoms with E-state index in [0.717, 1.165) is 0 Å². The Hall–Kier alpha value is -2.01. The monoisotopic (exact) mass is 282 g/mol. The van der Waals surface area contributed by atoms with Gasteiger partial charge in [0.05, 0.1) is 18.4 Å². The number of nitrogen functional groups attached to an aromatic ring is 1. The van der Waals surface area contributed by atoms with Crippen molar-refractivity contribution in [3.63, 3.8) is 0 Å². The highest BCUT2D eigenvalue weighted by Crippen LogP contribution is 2.33. The van der Waals surface area contributed by atoms with Gasteiger partial charge in [0, 0.05) is 0 Å². The molecule has 0 unspecified atom stereocenters. The SMILES string of the molecule is Nc1c(-c2ncn[nH]2)cnn1[C@@H]1O[C@H](CO)[C@@H](O)[C@H]1O. The number of nitrogens with one attached hydrogen (secondary N) is 1. The Balaban J connectivity index is 1.92. The van der Waals surface area contributed by atoms with Gasteiger partial charge in [0.2, 0.25) is 0 Å². The van der Waals surface area contributed by atoms with Crippen LogP contribution >= 0.6 is 0 Å². The van der Waals surface area contributed by atoms with Crippen LogP contribution in [0.2, 0.25) is 0 Å². The van der Waals surface area contributed by atoms with E-state index in [1.165, 1.54) is 17.2 Å². The summed E-state index contributed by atoms with van der Waals surface area (Å²) in [5, 5.41) is 39.1. The summed E-state index contributed by atoms with van der Waals surface area (Å²) in [7, 11) is 0. The summed E-state index contributed by atoms with van der Waals surface area (Å²) in [6, 6.07) is 0. The molecule has 0 saturated carbocycles. The number of H-pyrrole nitrogens is 1. The molecule has 4 atom stereocenters. The van der Waals surface area contributed by atoms with Crippen LogP contribution in [0.5, 0.6) is 0 Å². The maximum atomic E-state index is 9.94. The van der Waals surface area contributed by atoms with Crippen molar-refractivity contribution in [1.29, 1.82) is 0 Å². The Morgan fingerprint density at radius 3 is 2.80 bits per heavy atom. The minimum atomic E-state index is -1.24. The van der Waals surface area contributed by atoms with Gasteiger partial charge in [0.15, 0.2) is 12.1 Å². The highest BCUT2D eigenvalue weighted by Gasteiger charge is 2.44. The van der Waals surface area contributed by atoms with Crippen LogP contribution in [0.4, 0.5) is 5.82 Å². The van der Waals surface area contributed by atoms with E-state index < -0.39 is 31.1 Å². The molecule has 2 aromatic rings. The Kier molecular flexibility index (Phi) is 3.14. The van der Waals surface area contributed by atoms with Gasteiger partial charge in [0.1, 0.15) is 30.5 Å². The van der Waals surface area contributed by atoms with E-state index in [1.807, 2.05) is 0 Å². The molecule has 10 heteroatoms. The van der Waals surface area contributed by atoms with Gasteiger partial charge < -0.3 is 25.8 Å². The molecular weight excluding hydrogens is 268 g/mol. The zero-order valence-corrected chi connectivity index (χ0v) is 10.3. The van der Waals surface area contributed by atoms with Crippen LogP contribution in [0.3, 0.4) is 0 Å². The molecule has 108 valence electrons. The van der Waals surface area contributed by atoms with Crippen molar-refractivity contribution in [3.05, 3.63) is 12.5 Å². The molecule has 3 heterocycles. The van der Waals surface area contributed by atoms with Crippen LogP contribution in [-0.2, 0) is 4.74 Å². The van der Waals surface area contributed by atoms with Crippen LogP contribution in [0.25, 0.3) is 11.4 Å². The lowest BCUT2D eigenvalue weighted by molar-refractivity contribution is -0.0574. The molecule has 10 nitrogen and oxygen atoms in total. The molecule has 2 aromatic heterocycles. The van der Waals surface area contributed by atoms with Gasteiger partial charge in [-0.25, -0.2) is 9.67 Å². The van der Waals surface area contributed by atoms with Gasteiger partial charge in [-0.15, -0.1) is 0 Å². The molecule has 0 aromatic carbocycles. The van der Waals surface area contributed by atoms with Crippen LogP contribution in [0.1, 0.15) is 6.23 Å². The summed E-state index contributed by atoms with van der Waals surface area (Å²) in [6.07, 6.45) is -1.52. The molecule has 0 amide bonds. The fourth-order valence-corrected chi connectivity index (χ4v) is 2.17. The number of nitrogens with zero attached hydrogens (tertiary/aromatic N) is 4. The van der Waals surface area contributed by atoms with Crippen LogP contribution < -0.4 is 5.73 Å². The second-order valence-electron chi connectivity index (χ2n) is 4.45. The standard InChI is InChI=1S/C10H14N6O4/c11-8-4(9-12-3-13-15-9)1-14-16(8)10-7(19)6(18)5(2-17)20-10/h1,3,5-7,10,17-19H,2,11H2,(H,12,13,15)/t5-,6-,7-,10-/m1/s1. The van der Waals surface area contributed by atoms with Crippen molar-refractivity contribution in [3.8, 4) is 11.4 Å². The molecule has 0 radical (unpaired) electrons. The molecule has 20 heavy (non-hydrogen) atoms. The highest BCUT2D eigenvalue weighted by atomic mass is 16.6. The number of aliphatic hydroxyl groups is 3. The number of hydrogen-bond acceptors (Lipinski definition) is 8. The van der Waals surface area contributed by atoms with Gasteiger partial charge in [-0.05, 0) is 0 Å². The van der Waals surface area contributed by atoms with Crippen LogP contribution in [0, 0.1) is 0 Å². The predicted molar refractivity (Wildman–Crippen MR) is 65.0 cm³/mol. The van der Waals surface area contributed by atoms with E-state index in [9.17, 15) is 10.2 Å². The lowest BCUT2D eigenvalue weighted by Gasteiger charge is -2.16. The van der Waals surface area contributed by atoms with Crippen molar-refractivity contribution >= 4 is 5.82 Å². The summed E-state index contributed by atoms with van der Waals surface area (Å²) in [5.41, 5.74) is 6.45. The third kappa shape index (κ3) is 1.86. The fraction of sp³-hybridized carbons (Fsp3) is 0.500.